The molecule has 2 rings (SSSR count). The first-order valence-corrected chi connectivity index (χ1v) is 6.30. The van der Waals surface area contributed by atoms with Crippen molar-refractivity contribution in [3.63, 3.8) is 0 Å². The van der Waals surface area contributed by atoms with Gasteiger partial charge in [0.2, 0.25) is 5.78 Å². The van der Waals surface area contributed by atoms with Gasteiger partial charge in [-0.3, -0.25) is 14.5 Å². The fourth-order valence-electron chi connectivity index (χ4n) is 2.04. The first-order chi connectivity index (χ1) is 9.22. The second-order valence-corrected chi connectivity index (χ2v) is 4.09. The van der Waals surface area contributed by atoms with E-state index < -0.39 is 0 Å². The minimum atomic E-state index is -0.0737. The number of aryl methyl sites for hydroxylation is 2. The molecule has 0 aliphatic heterocycles. The zero-order chi connectivity index (χ0) is 13.8. The topological polar surface area (TPSA) is 57.0 Å². The molecule has 0 aliphatic carbocycles. The van der Waals surface area contributed by atoms with Crippen molar-refractivity contribution in [3.05, 3.63) is 41.5 Å². The second-order valence-electron chi connectivity index (χ2n) is 4.09. The van der Waals surface area contributed by atoms with Gasteiger partial charge in [0.05, 0.1) is 13.3 Å². The molecule has 2 aromatic rings. The monoisotopic (exact) mass is 259 g/mol. The Kier molecular flexibility index (Phi) is 3.94. The minimum absolute atomic E-state index is 0.0737. The molecule has 0 atom stereocenters. The number of pyridine rings is 1. The minimum Gasteiger partial charge on any atom is -0.493 e. The highest BCUT2D eigenvalue weighted by Gasteiger charge is 2.22. The standard InChI is InChI=1S/C14H17N3O2/c1-4-10-8-15-7-6-11(10)14(18)13-12(19-3)9-16-17(13)5-2/h6-9H,4-5H2,1-3H3. The Morgan fingerprint density at radius 1 is 1.37 bits per heavy atom. The molecule has 0 saturated heterocycles. The normalized spacial score (nSPS) is 10.5. The van der Waals surface area contributed by atoms with E-state index in [-0.39, 0.29) is 5.78 Å². The summed E-state index contributed by atoms with van der Waals surface area (Å²) in [6, 6.07) is 1.74. The van der Waals surface area contributed by atoms with Crippen molar-refractivity contribution in [2.75, 3.05) is 7.11 Å². The van der Waals surface area contributed by atoms with E-state index in [2.05, 4.69) is 10.1 Å². The number of ether oxygens (including phenoxy) is 1. The van der Waals surface area contributed by atoms with Gasteiger partial charge in [0.15, 0.2) is 11.4 Å². The van der Waals surface area contributed by atoms with E-state index in [4.69, 9.17) is 4.74 Å². The molecule has 100 valence electrons. The van der Waals surface area contributed by atoms with Crippen LogP contribution in [0.5, 0.6) is 5.75 Å². The molecule has 0 spiro atoms. The zero-order valence-electron chi connectivity index (χ0n) is 11.4. The van der Waals surface area contributed by atoms with Crippen LogP contribution in [0.1, 0.15) is 35.5 Å². The largest absolute Gasteiger partial charge is 0.493 e. The van der Waals surface area contributed by atoms with Crippen LogP contribution in [0.15, 0.2) is 24.7 Å². The second kappa shape index (κ2) is 5.65. The van der Waals surface area contributed by atoms with Gasteiger partial charge in [-0.25, -0.2) is 0 Å². The summed E-state index contributed by atoms with van der Waals surface area (Å²) in [4.78, 5) is 16.7. The molecule has 5 heteroatoms. The van der Waals surface area contributed by atoms with Crippen LogP contribution in [0.25, 0.3) is 0 Å². The van der Waals surface area contributed by atoms with E-state index in [1.165, 1.54) is 0 Å². The number of hydrogen-bond acceptors (Lipinski definition) is 4. The van der Waals surface area contributed by atoms with E-state index >= 15 is 0 Å². The molecular weight excluding hydrogens is 242 g/mol. The number of nitrogens with zero attached hydrogens (tertiary/aromatic N) is 3. The number of methoxy groups -OCH3 is 1. The summed E-state index contributed by atoms with van der Waals surface area (Å²) in [6.07, 6.45) is 5.69. The van der Waals surface area contributed by atoms with E-state index in [9.17, 15) is 4.79 Å². The summed E-state index contributed by atoms with van der Waals surface area (Å²) in [6.45, 7) is 4.57. The lowest BCUT2D eigenvalue weighted by atomic mass is 10.0. The van der Waals surface area contributed by atoms with Gasteiger partial charge >= 0.3 is 0 Å². The van der Waals surface area contributed by atoms with Gasteiger partial charge in [-0.2, -0.15) is 5.10 Å². The Hall–Kier alpha value is -2.17. The first kappa shape index (κ1) is 13.3. The summed E-state index contributed by atoms with van der Waals surface area (Å²) in [5, 5.41) is 4.16. The molecule has 0 aliphatic rings. The number of aromatic nitrogens is 3. The molecule has 0 amide bonds. The molecule has 0 unspecified atom stereocenters. The van der Waals surface area contributed by atoms with Gasteiger partial charge < -0.3 is 4.74 Å². The maximum Gasteiger partial charge on any atom is 0.215 e. The number of hydrogen-bond donors (Lipinski definition) is 0. The molecular formula is C14H17N3O2. The van der Waals surface area contributed by atoms with E-state index in [1.54, 1.807) is 36.4 Å². The van der Waals surface area contributed by atoms with Crippen molar-refractivity contribution in [1.82, 2.24) is 14.8 Å². The fraction of sp³-hybridized carbons (Fsp3) is 0.357. The van der Waals surface area contributed by atoms with Crippen molar-refractivity contribution in [2.24, 2.45) is 0 Å². The molecule has 0 saturated carbocycles. The smallest absolute Gasteiger partial charge is 0.215 e. The Balaban J connectivity index is 2.52. The Bertz CT molecular complexity index is 569. The SMILES string of the molecule is CCc1cnccc1C(=O)c1c(OC)cnn1CC. The van der Waals surface area contributed by atoms with Crippen molar-refractivity contribution in [3.8, 4) is 5.75 Å². The van der Waals surface area contributed by atoms with E-state index in [0.29, 0.717) is 23.6 Å². The number of ketones is 1. The van der Waals surface area contributed by atoms with Gasteiger partial charge in [0, 0.05) is 24.5 Å². The molecule has 0 radical (unpaired) electrons. The fourth-order valence-corrected chi connectivity index (χ4v) is 2.04. The Labute approximate surface area is 112 Å². The number of carbonyl (C=O) groups excluding carboxylic acids is 1. The highest BCUT2D eigenvalue weighted by atomic mass is 16.5. The molecule has 0 bridgehead atoms. The van der Waals surface area contributed by atoms with Crippen LogP contribution in [-0.2, 0) is 13.0 Å². The third-order valence-corrected chi connectivity index (χ3v) is 3.07. The van der Waals surface area contributed by atoms with Crippen LogP contribution in [0.2, 0.25) is 0 Å². The average Bonchev–Trinajstić information content (AvgIpc) is 2.89. The summed E-state index contributed by atoms with van der Waals surface area (Å²) in [5.41, 5.74) is 2.08. The predicted molar refractivity (Wildman–Crippen MR) is 71.5 cm³/mol. The summed E-state index contributed by atoms with van der Waals surface area (Å²) in [5.74, 6) is 0.432. The van der Waals surface area contributed by atoms with E-state index in [1.807, 2.05) is 13.8 Å². The third-order valence-electron chi connectivity index (χ3n) is 3.07. The van der Waals surface area contributed by atoms with E-state index in [0.717, 1.165) is 12.0 Å². The van der Waals surface area contributed by atoms with Crippen molar-refractivity contribution in [1.29, 1.82) is 0 Å². The highest BCUT2D eigenvalue weighted by Crippen LogP contribution is 2.22. The number of carbonyl (C=O) groups is 1. The molecule has 2 aromatic heterocycles. The van der Waals surface area contributed by atoms with Crippen LogP contribution in [0.4, 0.5) is 0 Å². The van der Waals surface area contributed by atoms with Gasteiger partial charge in [0.25, 0.3) is 0 Å². The first-order valence-electron chi connectivity index (χ1n) is 6.30. The number of rotatable bonds is 5. The van der Waals surface area contributed by atoms with Gasteiger partial charge in [-0.15, -0.1) is 0 Å². The maximum absolute atomic E-state index is 12.7. The lowest BCUT2D eigenvalue weighted by Gasteiger charge is -2.09. The molecule has 0 N–H and O–H groups in total. The van der Waals surface area contributed by atoms with Gasteiger partial charge in [-0.05, 0) is 25.0 Å². The molecule has 5 nitrogen and oxygen atoms in total. The van der Waals surface area contributed by atoms with Crippen molar-refractivity contribution in [2.45, 2.75) is 26.8 Å². The Morgan fingerprint density at radius 3 is 2.79 bits per heavy atom. The van der Waals surface area contributed by atoms with Gasteiger partial charge in [0.1, 0.15) is 0 Å². The third kappa shape index (κ3) is 2.36. The van der Waals surface area contributed by atoms with Crippen molar-refractivity contribution < 1.29 is 9.53 Å². The van der Waals surface area contributed by atoms with Crippen LogP contribution in [0.3, 0.4) is 0 Å². The lowest BCUT2D eigenvalue weighted by Crippen LogP contribution is -2.13. The molecule has 0 aromatic carbocycles. The van der Waals surface area contributed by atoms with Crippen LogP contribution >= 0.6 is 0 Å². The van der Waals surface area contributed by atoms with Crippen LogP contribution in [-0.4, -0.2) is 27.7 Å². The average molecular weight is 259 g/mol. The Morgan fingerprint density at radius 2 is 2.16 bits per heavy atom. The lowest BCUT2D eigenvalue weighted by molar-refractivity contribution is 0.102. The molecule has 2 heterocycles. The van der Waals surface area contributed by atoms with Crippen molar-refractivity contribution >= 4 is 5.78 Å². The highest BCUT2D eigenvalue weighted by molar-refractivity contribution is 6.10. The van der Waals surface area contributed by atoms with Crippen LogP contribution in [0, 0.1) is 0 Å². The molecule has 19 heavy (non-hydrogen) atoms. The molecule has 0 fully saturated rings. The summed E-state index contributed by atoms with van der Waals surface area (Å²) >= 11 is 0. The summed E-state index contributed by atoms with van der Waals surface area (Å²) < 4.78 is 6.88. The van der Waals surface area contributed by atoms with Gasteiger partial charge in [-0.1, -0.05) is 6.92 Å². The quantitative estimate of drug-likeness (QED) is 0.772. The predicted octanol–water partition coefficient (Wildman–Crippen LogP) is 2.10. The van der Waals surface area contributed by atoms with Crippen LogP contribution < -0.4 is 4.74 Å². The zero-order valence-corrected chi connectivity index (χ0v) is 11.4. The maximum atomic E-state index is 12.7. The summed E-state index contributed by atoms with van der Waals surface area (Å²) in [7, 11) is 1.54.